The number of hydrogen-bond acceptors (Lipinski definition) is 6. The molecule has 2 aromatic heterocycles. The molecule has 1 N–H and O–H groups in total. The van der Waals surface area contributed by atoms with Crippen molar-refractivity contribution in [3.8, 4) is 34.0 Å². The molecule has 4 heterocycles. The molecule has 0 amide bonds. The first-order valence-corrected chi connectivity index (χ1v) is 11.3. The lowest BCUT2D eigenvalue weighted by Crippen LogP contribution is -2.25. The molecule has 4 aromatic rings. The van der Waals surface area contributed by atoms with Crippen LogP contribution in [0.1, 0.15) is 36.1 Å². The van der Waals surface area contributed by atoms with E-state index in [1.807, 2.05) is 48.5 Å². The lowest BCUT2D eigenvalue weighted by atomic mass is 9.94. The summed E-state index contributed by atoms with van der Waals surface area (Å²) < 4.78 is 12.9. The van der Waals surface area contributed by atoms with E-state index in [4.69, 9.17) is 14.5 Å². The molecule has 0 fully saturated rings. The van der Waals surface area contributed by atoms with E-state index >= 15 is 0 Å². The largest absolute Gasteiger partial charge is 0.454 e. The van der Waals surface area contributed by atoms with E-state index in [1.54, 1.807) is 11.5 Å². The highest BCUT2D eigenvalue weighted by Gasteiger charge is 2.30. The molecule has 34 heavy (non-hydrogen) atoms. The second-order valence-electron chi connectivity index (χ2n) is 8.64. The zero-order valence-electron chi connectivity index (χ0n) is 18.6. The first-order chi connectivity index (χ1) is 16.6. The molecule has 1 atom stereocenters. The van der Waals surface area contributed by atoms with Gasteiger partial charge < -0.3 is 23.9 Å². The number of aromatic nitrogens is 2. The molecule has 0 saturated heterocycles. The first kappa shape index (κ1) is 20.6. The van der Waals surface area contributed by atoms with Crippen LogP contribution in [0.5, 0.6) is 11.5 Å². The monoisotopic (exact) mass is 454 g/mol. The van der Waals surface area contributed by atoms with Crippen molar-refractivity contribution in [3.63, 3.8) is 0 Å². The van der Waals surface area contributed by atoms with E-state index in [-0.39, 0.29) is 18.8 Å². The number of nitrogens with zero attached hydrogens (tertiary/aromatic N) is 2. The van der Waals surface area contributed by atoms with Crippen LogP contribution in [0.2, 0.25) is 0 Å². The number of fused-ring (bicyclic) bond motifs is 5. The molecule has 7 heteroatoms. The molecule has 0 spiro atoms. The van der Waals surface area contributed by atoms with E-state index in [1.165, 1.54) is 0 Å². The Morgan fingerprint density at radius 1 is 1.15 bits per heavy atom. The Hall–Kier alpha value is -3.97. The van der Waals surface area contributed by atoms with Gasteiger partial charge in [-0.1, -0.05) is 30.3 Å². The number of carbonyl (C=O) groups excluding carboxylic acids is 1. The summed E-state index contributed by atoms with van der Waals surface area (Å²) in [4.78, 5) is 29.5. The summed E-state index contributed by atoms with van der Waals surface area (Å²) in [6.07, 6.45) is 0.474. The van der Waals surface area contributed by atoms with Crippen molar-refractivity contribution in [2.75, 3.05) is 6.79 Å². The Kier molecular flexibility index (Phi) is 4.74. The van der Waals surface area contributed by atoms with Crippen LogP contribution >= 0.6 is 0 Å². The minimum Gasteiger partial charge on any atom is -0.454 e. The van der Waals surface area contributed by atoms with Crippen LogP contribution in [0.3, 0.4) is 0 Å². The van der Waals surface area contributed by atoms with E-state index in [9.17, 15) is 14.7 Å². The van der Waals surface area contributed by atoms with Crippen molar-refractivity contribution in [1.29, 1.82) is 0 Å². The number of hydrogen-bond donors (Lipinski definition) is 1. The van der Waals surface area contributed by atoms with Gasteiger partial charge in [0.2, 0.25) is 6.79 Å². The maximum atomic E-state index is 13.5. The molecule has 7 nitrogen and oxygen atoms in total. The van der Waals surface area contributed by atoms with Gasteiger partial charge in [0, 0.05) is 29.0 Å². The number of carbonyl (C=O) groups is 1. The minimum absolute atomic E-state index is 0.172. The third kappa shape index (κ3) is 3.04. The van der Waals surface area contributed by atoms with Gasteiger partial charge in [0.1, 0.15) is 6.29 Å². The second kappa shape index (κ2) is 7.81. The maximum Gasteiger partial charge on any atom is 0.254 e. The lowest BCUT2D eigenvalue weighted by molar-refractivity contribution is -0.107. The molecular weight excluding hydrogens is 432 g/mol. The lowest BCUT2D eigenvalue weighted by Gasteiger charge is -2.14. The molecule has 2 aromatic carbocycles. The molecule has 0 bridgehead atoms. The minimum atomic E-state index is -0.841. The fraction of sp³-hybridized carbons (Fsp3) is 0.222. The summed E-state index contributed by atoms with van der Waals surface area (Å²) in [6, 6.07) is 15.7. The first-order valence-electron chi connectivity index (χ1n) is 11.3. The van der Waals surface area contributed by atoms with Crippen molar-refractivity contribution < 1.29 is 19.4 Å². The summed E-state index contributed by atoms with van der Waals surface area (Å²) in [7, 11) is 0. The number of rotatable bonds is 5. The summed E-state index contributed by atoms with van der Waals surface area (Å²) >= 11 is 0. The van der Waals surface area contributed by atoms with Gasteiger partial charge in [-0.2, -0.15) is 0 Å². The van der Waals surface area contributed by atoms with Crippen LogP contribution in [0, 0.1) is 0 Å². The number of aliphatic hydroxyl groups is 1. The van der Waals surface area contributed by atoms with Crippen LogP contribution in [-0.2, 0) is 17.8 Å². The van der Waals surface area contributed by atoms with Crippen molar-refractivity contribution in [2.45, 2.75) is 32.4 Å². The molecule has 1 unspecified atom stereocenters. The number of aliphatic hydroxyl groups excluding tert-OH is 1. The normalized spacial score (nSPS) is 14.2. The Balaban J connectivity index is 1.66. The van der Waals surface area contributed by atoms with Crippen molar-refractivity contribution >= 4 is 17.2 Å². The SMILES string of the molecule is CC(O)c1cc2n(c(=O)c1CCC=O)Cc1c-2nc2cc3c(cc2c1-c1ccccc1)OCO3. The molecular formula is C27H22N2O5. The van der Waals surface area contributed by atoms with Gasteiger partial charge in [-0.05, 0) is 42.2 Å². The Labute approximate surface area is 195 Å². The summed E-state index contributed by atoms with van der Waals surface area (Å²) in [5.74, 6) is 1.31. The molecule has 0 aliphatic carbocycles. The maximum absolute atomic E-state index is 13.5. The fourth-order valence-electron chi connectivity index (χ4n) is 5.04. The summed E-state index contributed by atoms with van der Waals surface area (Å²) in [6.45, 7) is 2.17. The smallest absolute Gasteiger partial charge is 0.254 e. The molecule has 2 aliphatic heterocycles. The topological polar surface area (TPSA) is 90.7 Å². The van der Waals surface area contributed by atoms with Crippen molar-refractivity contribution in [3.05, 3.63) is 75.6 Å². The van der Waals surface area contributed by atoms with Gasteiger partial charge in [-0.15, -0.1) is 0 Å². The third-order valence-corrected chi connectivity index (χ3v) is 6.60. The van der Waals surface area contributed by atoms with E-state index < -0.39 is 6.10 Å². The Bertz CT molecular complexity index is 1520. The standard InChI is InChI=1S/C27H22N2O5/c1-15(31)18-10-22-26-20(13-29(22)27(32)17(18)8-5-9-30)25(16-6-3-2-4-7-16)19-11-23-24(34-14-33-23)12-21(19)28-26/h2-4,6-7,9-12,15,31H,5,8,13-14H2,1H3. The van der Waals surface area contributed by atoms with Gasteiger partial charge in [-0.3, -0.25) is 4.79 Å². The van der Waals surface area contributed by atoms with Gasteiger partial charge in [0.05, 0.1) is 29.6 Å². The van der Waals surface area contributed by atoms with Crippen LogP contribution in [-0.4, -0.2) is 27.7 Å². The molecule has 0 radical (unpaired) electrons. The number of benzene rings is 2. The Morgan fingerprint density at radius 3 is 2.65 bits per heavy atom. The van der Waals surface area contributed by atoms with Crippen molar-refractivity contribution in [2.24, 2.45) is 0 Å². The highest BCUT2D eigenvalue weighted by Crippen LogP contribution is 2.45. The predicted octanol–water partition coefficient (Wildman–Crippen LogP) is 4.01. The van der Waals surface area contributed by atoms with Crippen LogP contribution in [0.25, 0.3) is 33.4 Å². The van der Waals surface area contributed by atoms with E-state index in [2.05, 4.69) is 0 Å². The second-order valence-corrected chi connectivity index (χ2v) is 8.64. The summed E-state index contributed by atoms with van der Waals surface area (Å²) in [5.41, 5.74) is 5.91. The molecule has 6 rings (SSSR count). The average molecular weight is 454 g/mol. The van der Waals surface area contributed by atoms with Gasteiger partial charge >= 0.3 is 0 Å². The fourth-order valence-corrected chi connectivity index (χ4v) is 5.04. The van der Waals surface area contributed by atoms with Crippen LogP contribution in [0.4, 0.5) is 0 Å². The van der Waals surface area contributed by atoms with Crippen molar-refractivity contribution in [1.82, 2.24) is 9.55 Å². The molecule has 2 aliphatic rings. The number of ether oxygens (including phenoxy) is 2. The van der Waals surface area contributed by atoms with Crippen LogP contribution in [0.15, 0.2) is 53.3 Å². The van der Waals surface area contributed by atoms with Gasteiger partial charge in [0.15, 0.2) is 11.5 Å². The summed E-state index contributed by atoms with van der Waals surface area (Å²) in [5, 5.41) is 11.4. The van der Waals surface area contributed by atoms with Gasteiger partial charge in [-0.25, -0.2) is 4.98 Å². The third-order valence-electron chi connectivity index (χ3n) is 6.60. The van der Waals surface area contributed by atoms with Crippen LogP contribution < -0.4 is 15.0 Å². The van der Waals surface area contributed by atoms with Gasteiger partial charge in [0.25, 0.3) is 5.56 Å². The number of pyridine rings is 2. The Morgan fingerprint density at radius 2 is 1.91 bits per heavy atom. The highest BCUT2D eigenvalue weighted by molar-refractivity contribution is 6.01. The quantitative estimate of drug-likeness (QED) is 0.404. The highest BCUT2D eigenvalue weighted by atomic mass is 16.7. The average Bonchev–Trinajstić information content (AvgIpc) is 3.45. The van der Waals surface area contributed by atoms with E-state index in [0.717, 1.165) is 33.9 Å². The molecule has 170 valence electrons. The predicted molar refractivity (Wildman–Crippen MR) is 127 cm³/mol. The number of aldehydes is 1. The van der Waals surface area contributed by atoms with E-state index in [0.29, 0.717) is 47.0 Å². The zero-order chi connectivity index (χ0) is 23.4. The zero-order valence-corrected chi connectivity index (χ0v) is 18.6. The molecule has 0 saturated carbocycles.